The highest BCUT2D eigenvalue weighted by Gasteiger charge is 2.34. The molecule has 6 heteroatoms. The average molecular weight is 354 g/mol. The molecule has 0 spiro atoms. The van der Waals surface area contributed by atoms with Crippen LogP contribution in [0, 0.1) is 0 Å². The standard InChI is InChI=1S/C20H22N2O4/c23-19(22-16-6-7-17-18(12-16)26-14-25-17)21-13-20(8-10-24-11-9-20)15-4-2-1-3-5-15/h1-7,12H,8-11,13-14H2,(H2,21,22,23). The van der Waals surface area contributed by atoms with Crippen molar-refractivity contribution in [3.63, 3.8) is 0 Å². The quantitative estimate of drug-likeness (QED) is 0.884. The topological polar surface area (TPSA) is 68.8 Å². The molecule has 2 aromatic rings. The molecule has 0 aliphatic carbocycles. The molecule has 2 aliphatic rings. The summed E-state index contributed by atoms with van der Waals surface area (Å²) in [7, 11) is 0. The maximum absolute atomic E-state index is 12.4. The van der Waals surface area contributed by atoms with Crippen LogP contribution in [0.4, 0.5) is 10.5 Å². The van der Waals surface area contributed by atoms with Crippen LogP contribution in [0.1, 0.15) is 18.4 Å². The monoisotopic (exact) mass is 354 g/mol. The number of rotatable bonds is 4. The van der Waals surface area contributed by atoms with E-state index in [-0.39, 0.29) is 18.2 Å². The Bertz CT molecular complexity index is 773. The summed E-state index contributed by atoms with van der Waals surface area (Å²) in [6, 6.07) is 15.5. The lowest BCUT2D eigenvalue weighted by Gasteiger charge is -2.38. The molecule has 4 rings (SSSR count). The fourth-order valence-electron chi connectivity index (χ4n) is 3.52. The van der Waals surface area contributed by atoms with Gasteiger partial charge in [-0.15, -0.1) is 0 Å². The van der Waals surface area contributed by atoms with Crippen molar-refractivity contribution in [1.82, 2.24) is 5.32 Å². The van der Waals surface area contributed by atoms with Gasteiger partial charge < -0.3 is 24.8 Å². The first kappa shape index (κ1) is 16.7. The Balaban J connectivity index is 1.42. The van der Waals surface area contributed by atoms with Crippen molar-refractivity contribution in [2.45, 2.75) is 18.3 Å². The number of benzene rings is 2. The summed E-state index contributed by atoms with van der Waals surface area (Å²) in [5.41, 5.74) is 1.82. The van der Waals surface area contributed by atoms with Crippen molar-refractivity contribution < 1.29 is 19.0 Å². The second-order valence-corrected chi connectivity index (χ2v) is 6.63. The van der Waals surface area contributed by atoms with Gasteiger partial charge in [-0.1, -0.05) is 30.3 Å². The fraction of sp³-hybridized carbons (Fsp3) is 0.350. The predicted molar refractivity (Wildman–Crippen MR) is 97.8 cm³/mol. The zero-order chi connectivity index (χ0) is 17.8. The Labute approximate surface area is 152 Å². The highest BCUT2D eigenvalue weighted by Crippen LogP contribution is 2.35. The molecule has 1 saturated heterocycles. The largest absolute Gasteiger partial charge is 0.454 e. The molecule has 136 valence electrons. The number of hydrogen-bond acceptors (Lipinski definition) is 4. The summed E-state index contributed by atoms with van der Waals surface area (Å²) in [5.74, 6) is 1.34. The highest BCUT2D eigenvalue weighted by atomic mass is 16.7. The van der Waals surface area contributed by atoms with E-state index in [1.165, 1.54) is 5.56 Å². The minimum atomic E-state index is -0.231. The third kappa shape index (κ3) is 3.46. The summed E-state index contributed by atoms with van der Waals surface area (Å²) in [6.07, 6.45) is 1.78. The molecule has 0 bridgehead atoms. The lowest BCUT2D eigenvalue weighted by atomic mass is 9.74. The first-order valence-corrected chi connectivity index (χ1v) is 8.83. The fourth-order valence-corrected chi connectivity index (χ4v) is 3.52. The maximum Gasteiger partial charge on any atom is 0.319 e. The summed E-state index contributed by atoms with van der Waals surface area (Å²) in [5, 5.41) is 5.89. The van der Waals surface area contributed by atoms with Crippen molar-refractivity contribution in [2.24, 2.45) is 0 Å². The van der Waals surface area contributed by atoms with Crippen LogP contribution in [0.5, 0.6) is 11.5 Å². The van der Waals surface area contributed by atoms with Gasteiger partial charge in [0.05, 0.1) is 0 Å². The van der Waals surface area contributed by atoms with Gasteiger partial charge in [-0.25, -0.2) is 4.79 Å². The number of carbonyl (C=O) groups excluding carboxylic acids is 1. The molecule has 26 heavy (non-hydrogen) atoms. The first-order valence-electron chi connectivity index (χ1n) is 8.83. The lowest BCUT2D eigenvalue weighted by molar-refractivity contribution is 0.0508. The summed E-state index contributed by atoms with van der Waals surface area (Å²) in [4.78, 5) is 12.4. The molecule has 0 unspecified atom stereocenters. The Kier molecular flexibility index (Phi) is 4.67. The van der Waals surface area contributed by atoms with E-state index in [1.54, 1.807) is 18.2 Å². The number of anilines is 1. The van der Waals surface area contributed by atoms with Crippen LogP contribution in [0.15, 0.2) is 48.5 Å². The summed E-state index contributed by atoms with van der Waals surface area (Å²) in [6.45, 7) is 2.20. The SMILES string of the molecule is O=C(NCC1(c2ccccc2)CCOCC1)Nc1ccc2c(c1)OCO2. The van der Waals surface area contributed by atoms with Crippen LogP contribution >= 0.6 is 0 Å². The van der Waals surface area contributed by atoms with E-state index in [2.05, 4.69) is 22.8 Å². The summed E-state index contributed by atoms with van der Waals surface area (Å²) >= 11 is 0. The molecule has 0 atom stereocenters. The Hall–Kier alpha value is -2.73. The van der Waals surface area contributed by atoms with Gasteiger partial charge in [0.15, 0.2) is 11.5 Å². The van der Waals surface area contributed by atoms with E-state index in [4.69, 9.17) is 14.2 Å². The Morgan fingerprint density at radius 2 is 1.77 bits per heavy atom. The van der Waals surface area contributed by atoms with Gasteiger partial charge >= 0.3 is 6.03 Å². The van der Waals surface area contributed by atoms with Gasteiger partial charge in [-0.2, -0.15) is 0 Å². The van der Waals surface area contributed by atoms with Crippen molar-refractivity contribution in [3.05, 3.63) is 54.1 Å². The second-order valence-electron chi connectivity index (χ2n) is 6.63. The third-order valence-electron chi connectivity index (χ3n) is 5.05. The molecule has 2 aromatic carbocycles. The number of amides is 2. The zero-order valence-corrected chi connectivity index (χ0v) is 14.5. The predicted octanol–water partition coefficient (Wildman–Crippen LogP) is 3.29. The molecule has 0 saturated carbocycles. The van der Waals surface area contributed by atoms with Crippen LogP contribution in [0.25, 0.3) is 0 Å². The average Bonchev–Trinajstić information content (AvgIpc) is 3.16. The van der Waals surface area contributed by atoms with Crippen molar-refractivity contribution in [3.8, 4) is 11.5 Å². The second kappa shape index (κ2) is 7.25. The molecule has 2 heterocycles. The van der Waals surface area contributed by atoms with Crippen LogP contribution in [-0.2, 0) is 10.2 Å². The van der Waals surface area contributed by atoms with Crippen LogP contribution in [0.3, 0.4) is 0 Å². The first-order chi connectivity index (χ1) is 12.8. The van der Waals surface area contributed by atoms with Gasteiger partial charge in [-0.3, -0.25) is 0 Å². The van der Waals surface area contributed by atoms with Crippen LogP contribution < -0.4 is 20.1 Å². The van der Waals surface area contributed by atoms with E-state index in [0.717, 1.165) is 12.8 Å². The van der Waals surface area contributed by atoms with Crippen molar-refractivity contribution >= 4 is 11.7 Å². The van der Waals surface area contributed by atoms with Gasteiger partial charge in [-0.05, 0) is 30.5 Å². The third-order valence-corrected chi connectivity index (χ3v) is 5.05. The molecule has 0 radical (unpaired) electrons. The minimum Gasteiger partial charge on any atom is -0.454 e. The molecule has 6 nitrogen and oxygen atoms in total. The van der Waals surface area contributed by atoms with E-state index < -0.39 is 0 Å². The molecule has 1 fully saturated rings. The van der Waals surface area contributed by atoms with Crippen molar-refractivity contribution in [1.29, 1.82) is 0 Å². The van der Waals surface area contributed by atoms with Crippen LogP contribution in [0.2, 0.25) is 0 Å². The number of hydrogen-bond donors (Lipinski definition) is 2. The van der Waals surface area contributed by atoms with Gasteiger partial charge in [0, 0.05) is 36.9 Å². The summed E-state index contributed by atoms with van der Waals surface area (Å²) < 4.78 is 16.2. The van der Waals surface area contributed by atoms with E-state index in [9.17, 15) is 4.79 Å². The van der Waals surface area contributed by atoms with E-state index in [1.807, 2.05) is 18.2 Å². The minimum absolute atomic E-state index is 0.0915. The molecule has 2 amide bonds. The normalized spacial score (nSPS) is 17.5. The van der Waals surface area contributed by atoms with Crippen LogP contribution in [-0.4, -0.2) is 32.6 Å². The van der Waals surface area contributed by atoms with Gasteiger partial charge in [0.25, 0.3) is 0 Å². The molecule has 2 N–H and O–H groups in total. The smallest absolute Gasteiger partial charge is 0.319 e. The highest BCUT2D eigenvalue weighted by molar-refractivity contribution is 5.89. The molecule has 0 aromatic heterocycles. The number of carbonyl (C=O) groups is 1. The number of ether oxygens (including phenoxy) is 3. The maximum atomic E-state index is 12.4. The molecular weight excluding hydrogens is 332 g/mol. The van der Waals surface area contributed by atoms with Gasteiger partial charge in [0.2, 0.25) is 6.79 Å². The number of fused-ring (bicyclic) bond motifs is 1. The number of nitrogens with one attached hydrogen (secondary N) is 2. The van der Waals surface area contributed by atoms with Gasteiger partial charge in [0.1, 0.15) is 0 Å². The number of urea groups is 1. The van der Waals surface area contributed by atoms with E-state index >= 15 is 0 Å². The lowest BCUT2D eigenvalue weighted by Crippen LogP contribution is -2.45. The molecule has 2 aliphatic heterocycles. The Morgan fingerprint density at radius 1 is 1.00 bits per heavy atom. The zero-order valence-electron chi connectivity index (χ0n) is 14.5. The Morgan fingerprint density at radius 3 is 2.58 bits per heavy atom. The molecular formula is C20H22N2O4. The van der Waals surface area contributed by atoms with E-state index in [0.29, 0.717) is 36.9 Å². The van der Waals surface area contributed by atoms with Crippen molar-refractivity contribution in [2.75, 3.05) is 31.9 Å².